The summed E-state index contributed by atoms with van der Waals surface area (Å²) in [4.78, 5) is 15.7. The van der Waals surface area contributed by atoms with Gasteiger partial charge in [-0.2, -0.15) is 14.8 Å². The summed E-state index contributed by atoms with van der Waals surface area (Å²) in [5.41, 5.74) is 0. The van der Waals surface area contributed by atoms with E-state index in [1.165, 1.54) is 17.1 Å². The third-order valence-electron chi connectivity index (χ3n) is 2.86. The second-order valence-electron chi connectivity index (χ2n) is 5.54. The van der Waals surface area contributed by atoms with Crippen LogP contribution >= 0.6 is 0 Å². The summed E-state index contributed by atoms with van der Waals surface area (Å²) in [5.74, 6) is 0.313. The van der Waals surface area contributed by atoms with Crippen LogP contribution in [0.25, 0.3) is 0 Å². The van der Waals surface area contributed by atoms with Gasteiger partial charge in [-0.1, -0.05) is 19.0 Å². The van der Waals surface area contributed by atoms with E-state index in [-0.39, 0.29) is 17.4 Å². The highest BCUT2D eigenvalue weighted by molar-refractivity contribution is 7.89. The number of hydrogen-bond acceptors (Lipinski definition) is 8. The number of nitrogens with zero attached hydrogens (tertiary/aromatic N) is 4. The predicted octanol–water partition coefficient (Wildman–Crippen LogP) is 0.0233. The van der Waals surface area contributed by atoms with Gasteiger partial charge in [0.1, 0.15) is 11.4 Å². The molecule has 0 radical (unpaired) electrons. The van der Waals surface area contributed by atoms with Crippen molar-refractivity contribution >= 4 is 16.0 Å². The lowest BCUT2D eigenvalue weighted by atomic mass is 10.1. The van der Waals surface area contributed by atoms with Crippen molar-refractivity contribution in [2.75, 3.05) is 6.54 Å². The Morgan fingerprint density at radius 1 is 1.46 bits per heavy atom. The lowest BCUT2D eigenvalue weighted by Crippen LogP contribution is -2.30. The maximum atomic E-state index is 11.9. The minimum Gasteiger partial charge on any atom is -0.455 e. The summed E-state index contributed by atoms with van der Waals surface area (Å²) in [6.07, 6.45) is 3.16. The zero-order chi connectivity index (χ0) is 17.7. The number of carbonyl (C=O) groups is 1. The zero-order valence-electron chi connectivity index (χ0n) is 13.6. The molecule has 1 N–H and O–H groups in total. The highest BCUT2D eigenvalue weighted by Gasteiger charge is 2.18. The quantitative estimate of drug-likeness (QED) is 0.655. The third kappa shape index (κ3) is 5.13. The van der Waals surface area contributed by atoms with Crippen molar-refractivity contribution in [1.29, 1.82) is 0 Å². The van der Waals surface area contributed by atoms with Gasteiger partial charge in [-0.25, -0.2) is 8.42 Å². The second kappa shape index (κ2) is 7.53. The maximum absolute atomic E-state index is 11.9. The van der Waals surface area contributed by atoms with Crippen molar-refractivity contribution in [2.24, 2.45) is 13.0 Å². The van der Waals surface area contributed by atoms with Gasteiger partial charge in [0.2, 0.25) is 10.0 Å². The Morgan fingerprint density at radius 3 is 2.83 bits per heavy atom. The Kier molecular flexibility index (Phi) is 5.67. The lowest BCUT2D eigenvalue weighted by Gasteiger charge is -2.04. The summed E-state index contributed by atoms with van der Waals surface area (Å²) in [5, 5.41) is 7.53. The molecule has 0 aliphatic heterocycles. The number of sulfonamides is 1. The van der Waals surface area contributed by atoms with Gasteiger partial charge >= 0.3 is 5.97 Å². The van der Waals surface area contributed by atoms with E-state index in [0.29, 0.717) is 18.2 Å². The largest absolute Gasteiger partial charge is 0.455 e. The van der Waals surface area contributed by atoms with Crippen LogP contribution in [0.2, 0.25) is 0 Å². The highest BCUT2D eigenvalue weighted by atomic mass is 32.2. The Morgan fingerprint density at radius 2 is 2.21 bits per heavy atom. The van der Waals surface area contributed by atoms with Crippen molar-refractivity contribution in [3.63, 3.8) is 0 Å². The molecule has 0 saturated heterocycles. The first-order valence-electron chi connectivity index (χ1n) is 7.21. The molecule has 24 heavy (non-hydrogen) atoms. The molecule has 0 fully saturated rings. The fourth-order valence-electron chi connectivity index (χ4n) is 1.76. The smallest absolute Gasteiger partial charge is 0.321 e. The van der Waals surface area contributed by atoms with Crippen LogP contribution in [0.15, 0.2) is 21.8 Å². The number of esters is 1. The molecule has 11 heteroatoms. The average molecular weight is 357 g/mol. The van der Waals surface area contributed by atoms with Crippen molar-refractivity contribution in [1.82, 2.24) is 24.6 Å². The third-order valence-corrected chi connectivity index (χ3v) is 4.21. The van der Waals surface area contributed by atoms with E-state index in [1.54, 1.807) is 7.05 Å². The van der Waals surface area contributed by atoms with Crippen molar-refractivity contribution in [3.8, 4) is 0 Å². The Balaban J connectivity index is 1.80. The topological polar surface area (TPSA) is 129 Å². The normalized spacial score (nSPS) is 11.8. The van der Waals surface area contributed by atoms with E-state index in [4.69, 9.17) is 9.26 Å². The van der Waals surface area contributed by atoms with Crippen LogP contribution < -0.4 is 4.72 Å². The van der Waals surface area contributed by atoms with Crippen molar-refractivity contribution < 1.29 is 22.5 Å². The molecule has 132 valence electrons. The van der Waals surface area contributed by atoms with Gasteiger partial charge in [-0.05, 0) is 5.92 Å². The molecule has 0 aliphatic carbocycles. The van der Waals surface area contributed by atoms with Gasteiger partial charge in [0.05, 0.1) is 6.20 Å². The van der Waals surface area contributed by atoms with Crippen LogP contribution in [-0.4, -0.2) is 40.9 Å². The number of rotatable bonds is 8. The summed E-state index contributed by atoms with van der Waals surface area (Å²) in [6, 6.07) is 0. The highest BCUT2D eigenvalue weighted by Crippen LogP contribution is 2.07. The Bertz CT molecular complexity index is 795. The Hall–Kier alpha value is -2.27. The summed E-state index contributed by atoms with van der Waals surface area (Å²) in [6.45, 7) is 3.32. The number of ether oxygens (including phenoxy) is 1. The standard InChI is InChI=1S/C13H19N5O5S/c1-9(2)4-11-16-12(23-17-11)8-22-13(19)6-15-24(20,21)10-5-14-18(3)7-10/h5,7,9,15H,4,6,8H2,1-3H3. The van der Waals surface area contributed by atoms with Gasteiger partial charge in [0, 0.05) is 19.7 Å². The molecule has 0 saturated carbocycles. The molecule has 0 aliphatic rings. The minimum absolute atomic E-state index is 0.0342. The van der Waals surface area contributed by atoms with Crippen molar-refractivity contribution in [3.05, 3.63) is 24.1 Å². The van der Waals surface area contributed by atoms with Crippen LogP contribution in [0.1, 0.15) is 25.6 Å². The molecule has 0 unspecified atom stereocenters. The first-order chi connectivity index (χ1) is 11.3. The van der Waals surface area contributed by atoms with E-state index in [2.05, 4.69) is 20.0 Å². The monoisotopic (exact) mass is 357 g/mol. The lowest BCUT2D eigenvalue weighted by molar-refractivity contribution is -0.144. The molecule has 10 nitrogen and oxygen atoms in total. The van der Waals surface area contributed by atoms with Crippen LogP contribution in [0.4, 0.5) is 0 Å². The molecule has 0 amide bonds. The van der Waals surface area contributed by atoms with E-state index in [9.17, 15) is 13.2 Å². The molecule has 0 aromatic carbocycles. The minimum atomic E-state index is -3.81. The summed E-state index contributed by atoms with van der Waals surface area (Å²) < 4.78 is 37.2. The molecule has 2 aromatic heterocycles. The first-order valence-corrected chi connectivity index (χ1v) is 8.70. The molecule has 2 aromatic rings. The zero-order valence-corrected chi connectivity index (χ0v) is 14.4. The van der Waals surface area contributed by atoms with E-state index < -0.39 is 22.5 Å². The van der Waals surface area contributed by atoms with Crippen molar-refractivity contribution in [2.45, 2.75) is 31.8 Å². The van der Waals surface area contributed by atoms with Gasteiger partial charge in [-0.15, -0.1) is 0 Å². The number of hydrogen-bond donors (Lipinski definition) is 1. The van der Waals surface area contributed by atoms with Crippen LogP contribution in [0.3, 0.4) is 0 Å². The van der Waals surface area contributed by atoms with Gasteiger partial charge in [0.15, 0.2) is 12.4 Å². The van der Waals surface area contributed by atoms with Gasteiger partial charge in [0.25, 0.3) is 5.89 Å². The van der Waals surface area contributed by atoms with E-state index in [0.717, 1.165) is 0 Å². The molecule has 2 rings (SSSR count). The summed E-state index contributed by atoms with van der Waals surface area (Å²) in [7, 11) is -2.22. The van der Waals surface area contributed by atoms with E-state index >= 15 is 0 Å². The van der Waals surface area contributed by atoms with E-state index in [1.807, 2.05) is 13.8 Å². The fraction of sp³-hybridized carbons (Fsp3) is 0.538. The molecule has 0 spiro atoms. The predicted molar refractivity (Wildman–Crippen MR) is 81.0 cm³/mol. The molecule has 0 bridgehead atoms. The summed E-state index contributed by atoms with van der Waals surface area (Å²) >= 11 is 0. The first kappa shape index (κ1) is 18.1. The SMILES string of the molecule is CC(C)Cc1noc(COC(=O)CNS(=O)(=O)c2cnn(C)c2)n1. The molecular weight excluding hydrogens is 338 g/mol. The van der Waals surface area contributed by atoms with Gasteiger partial charge < -0.3 is 9.26 Å². The van der Waals surface area contributed by atoms with Crippen LogP contribution in [-0.2, 0) is 39.6 Å². The molecule has 2 heterocycles. The van der Waals surface area contributed by atoms with Crippen LogP contribution in [0, 0.1) is 5.92 Å². The molecular formula is C13H19N5O5S. The van der Waals surface area contributed by atoms with Gasteiger partial charge in [-0.3, -0.25) is 9.48 Å². The molecule has 0 atom stereocenters. The second-order valence-corrected chi connectivity index (χ2v) is 7.30. The van der Waals surface area contributed by atoms with Crippen LogP contribution in [0.5, 0.6) is 0 Å². The Labute approximate surface area is 139 Å². The average Bonchev–Trinajstić information content (AvgIpc) is 3.12. The maximum Gasteiger partial charge on any atom is 0.321 e. The number of nitrogens with one attached hydrogen (secondary N) is 1. The fourth-order valence-corrected chi connectivity index (χ4v) is 2.72. The number of carbonyl (C=O) groups excluding carboxylic acids is 1. The number of aryl methyl sites for hydroxylation is 1. The number of aromatic nitrogens is 4.